The number of hydrogen-bond donors (Lipinski definition) is 2. The molecule has 0 aliphatic rings. The van der Waals surface area contributed by atoms with Crippen LogP contribution in [0.15, 0.2) is 42.5 Å². The molecule has 0 spiro atoms. The van der Waals surface area contributed by atoms with Crippen molar-refractivity contribution in [3.63, 3.8) is 0 Å². The average Bonchev–Trinajstić information content (AvgIpc) is 2.27. The second-order valence-electron chi connectivity index (χ2n) is 3.12. The summed E-state index contributed by atoms with van der Waals surface area (Å²) in [5, 5.41) is 10.7. The van der Waals surface area contributed by atoms with Crippen LogP contribution in [0, 0.1) is 0 Å². The van der Waals surface area contributed by atoms with Gasteiger partial charge in [0, 0.05) is 0 Å². The van der Waals surface area contributed by atoms with Crippen molar-refractivity contribution < 1.29 is 10.0 Å². The van der Waals surface area contributed by atoms with E-state index in [-0.39, 0.29) is 0 Å². The summed E-state index contributed by atoms with van der Waals surface area (Å²) in [5.74, 6) is -0.532. The molecular weight excluding hydrogens is 210 g/mol. The van der Waals surface area contributed by atoms with Gasteiger partial charge in [0.05, 0.1) is 5.56 Å². The molecular formula is C11H9NO2S. The first kappa shape index (κ1) is 10.0. The monoisotopic (exact) mass is 219 g/mol. The van der Waals surface area contributed by atoms with Crippen LogP contribution in [0.3, 0.4) is 0 Å². The fourth-order valence-electron chi connectivity index (χ4n) is 1.52. The third-order valence-electron chi connectivity index (χ3n) is 2.20. The first-order valence-corrected chi connectivity index (χ1v) is 4.80. The zero-order valence-corrected chi connectivity index (χ0v) is 8.69. The lowest BCUT2D eigenvalue weighted by atomic mass is 10.0. The Kier molecular flexibility index (Phi) is 2.62. The molecule has 4 heteroatoms. The smallest absolute Gasteiger partial charge is 0.275 e. The standard InChI is InChI=1S/C11H9NO2S/c13-11(12(14)15)10-7-3-5-8-4-1-2-6-9(8)10/h1-7,14-15H. The van der Waals surface area contributed by atoms with Gasteiger partial charge in [-0.1, -0.05) is 36.4 Å². The molecule has 0 bridgehead atoms. The van der Waals surface area contributed by atoms with E-state index >= 15 is 0 Å². The van der Waals surface area contributed by atoms with E-state index in [1.165, 1.54) is 0 Å². The number of thiol groups is 1. The summed E-state index contributed by atoms with van der Waals surface area (Å²) in [6.07, 6.45) is 0. The number of carbonyl (C=O) groups is 1. The molecule has 0 aliphatic carbocycles. The van der Waals surface area contributed by atoms with Gasteiger partial charge in [-0.2, -0.15) is 4.47 Å². The minimum Gasteiger partial charge on any atom is -0.275 e. The van der Waals surface area contributed by atoms with Gasteiger partial charge < -0.3 is 0 Å². The maximum Gasteiger partial charge on any atom is 0.288 e. The van der Waals surface area contributed by atoms with Crippen LogP contribution in [0.5, 0.6) is 0 Å². The van der Waals surface area contributed by atoms with Crippen LogP contribution in [0.2, 0.25) is 0 Å². The summed E-state index contributed by atoms with van der Waals surface area (Å²) in [4.78, 5) is 11.6. The summed E-state index contributed by atoms with van der Waals surface area (Å²) in [6, 6.07) is 12.8. The Morgan fingerprint density at radius 3 is 2.53 bits per heavy atom. The van der Waals surface area contributed by atoms with Gasteiger partial charge in [-0.05, 0) is 29.7 Å². The highest BCUT2D eigenvalue weighted by molar-refractivity contribution is 7.78. The molecule has 0 saturated carbocycles. The van der Waals surface area contributed by atoms with Crippen molar-refractivity contribution in [1.82, 2.24) is 4.47 Å². The Hall–Kier alpha value is -1.52. The normalized spacial score (nSPS) is 10.3. The maximum atomic E-state index is 11.6. The predicted octanol–water partition coefficient (Wildman–Crippen LogP) is 2.52. The molecule has 2 aromatic rings. The quantitative estimate of drug-likeness (QED) is 0.439. The van der Waals surface area contributed by atoms with Gasteiger partial charge in [0.15, 0.2) is 0 Å². The van der Waals surface area contributed by atoms with Crippen LogP contribution in [0.4, 0.5) is 0 Å². The summed E-state index contributed by atoms with van der Waals surface area (Å²) in [5.41, 5.74) is 0.436. The van der Waals surface area contributed by atoms with Crippen molar-refractivity contribution in [1.29, 1.82) is 0 Å². The molecule has 1 amide bonds. The molecule has 76 valence electrons. The minimum absolute atomic E-state index is 0.293. The summed E-state index contributed by atoms with van der Waals surface area (Å²) in [6.45, 7) is 0. The van der Waals surface area contributed by atoms with E-state index < -0.39 is 5.91 Å². The lowest BCUT2D eigenvalue weighted by Crippen LogP contribution is -2.17. The summed E-state index contributed by atoms with van der Waals surface area (Å²) in [7, 11) is 0. The van der Waals surface area contributed by atoms with Crippen LogP contribution in [-0.4, -0.2) is 15.6 Å². The Morgan fingerprint density at radius 2 is 1.80 bits per heavy atom. The molecule has 0 radical (unpaired) electrons. The molecule has 0 atom stereocenters. The molecule has 3 nitrogen and oxygen atoms in total. The number of hydroxylamine groups is 1. The Bertz CT molecular complexity index is 505. The van der Waals surface area contributed by atoms with E-state index in [2.05, 4.69) is 12.8 Å². The fourth-order valence-corrected chi connectivity index (χ4v) is 1.63. The van der Waals surface area contributed by atoms with Crippen LogP contribution in [0.1, 0.15) is 10.4 Å². The van der Waals surface area contributed by atoms with E-state index in [1.807, 2.05) is 30.3 Å². The first-order valence-electron chi connectivity index (χ1n) is 4.40. The second kappa shape index (κ2) is 3.92. The third-order valence-corrected chi connectivity index (χ3v) is 2.38. The van der Waals surface area contributed by atoms with E-state index in [9.17, 15) is 4.79 Å². The van der Waals surface area contributed by atoms with E-state index in [0.29, 0.717) is 10.0 Å². The van der Waals surface area contributed by atoms with Gasteiger partial charge in [0.2, 0.25) is 0 Å². The second-order valence-corrected chi connectivity index (χ2v) is 3.50. The summed E-state index contributed by atoms with van der Waals surface area (Å²) < 4.78 is 0.293. The van der Waals surface area contributed by atoms with Crippen molar-refractivity contribution in [3.8, 4) is 0 Å². The largest absolute Gasteiger partial charge is 0.288 e. The van der Waals surface area contributed by atoms with Crippen molar-refractivity contribution in [2.24, 2.45) is 0 Å². The van der Waals surface area contributed by atoms with E-state index in [0.717, 1.165) is 10.8 Å². The van der Waals surface area contributed by atoms with Crippen molar-refractivity contribution >= 4 is 29.5 Å². The van der Waals surface area contributed by atoms with Gasteiger partial charge in [0.25, 0.3) is 5.91 Å². The van der Waals surface area contributed by atoms with E-state index in [4.69, 9.17) is 5.21 Å². The molecule has 0 fully saturated rings. The highest BCUT2D eigenvalue weighted by atomic mass is 32.1. The average molecular weight is 219 g/mol. The highest BCUT2D eigenvalue weighted by Crippen LogP contribution is 2.19. The topological polar surface area (TPSA) is 40.5 Å². The molecule has 0 aromatic heterocycles. The number of benzene rings is 2. The molecule has 2 rings (SSSR count). The van der Waals surface area contributed by atoms with Gasteiger partial charge in [-0.25, -0.2) is 0 Å². The molecule has 1 N–H and O–H groups in total. The summed E-state index contributed by atoms with van der Waals surface area (Å²) >= 11 is 3.57. The SMILES string of the molecule is O=C(c1cccc2ccccc12)N(O)S. The lowest BCUT2D eigenvalue weighted by Gasteiger charge is -2.09. The molecule has 0 unspecified atom stereocenters. The van der Waals surface area contributed by atoms with Crippen molar-refractivity contribution in [2.75, 3.05) is 0 Å². The van der Waals surface area contributed by atoms with Crippen LogP contribution in [0.25, 0.3) is 10.8 Å². The number of hydrogen-bond acceptors (Lipinski definition) is 3. The lowest BCUT2D eigenvalue weighted by molar-refractivity contribution is 0.0173. The highest BCUT2D eigenvalue weighted by Gasteiger charge is 2.12. The van der Waals surface area contributed by atoms with Gasteiger partial charge in [0.1, 0.15) is 0 Å². The van der Waals surface area contributed by atoms with Crippen LogP contribution in [-0.2, 0) is 0 Å². The Balaban J connectivity index is 2.66. The van der Waals surface area contributed by atoms with Gasteiger partial charge in [-0.3, -0.25) is 10.0 Å². The molecule has 15 heavy (non-hydrogen) atoms. The zero-order valence-electron chi connectivity index (χ0n) is 7.79. The van der Waals surface area contributed by atoms with Crippen LogP contribution >= 0.6 is 12.8 Å². The first-order chi connectivity index (χ1) is 7.20. The van der Waals surface area contributed by atoms with Crippen LogP contribution < -0.4 is 0 Å². The minimum atomic E-state index is -0.532. The van der Waals surface area contributed by atoms with Gasteiger partial charge in [-0.15, -0.1) is 0 Å². The molecule has 0 saturated heterocycles. The van der Waals surface area contributed by atoms with Crippen molar-refractivity contribution in [2.45, 2.75) is 0 Å². The molecule has 0 heterocycles. The maximum absolute atomic E-state index is 11.6. The Labute approximate surface area is 92.4 Å². The molecule has 2 aromatic carbocycles. The zero-order chi connectivity index (χ0) is 10.8. The van der Waals surface area contributed by atoms with Gasteiger partial charge >= 0.3 is 0 Å². The third kappa shape index (κ3) is 1.82. The molecule has 0 aliphatic heterocycles. The fraction of sp³-hybridized carbons (Fsp3) is 0. The van der Waals surface area contributed by atoms with Crippen molar-refractivity contribution in [3.05, 3.63) is 48.0 Å². The number of amides is 1. The number of rotatable bonds is 1. The number of nitrogens with zero attached hydrogens (tertiary/aromatic N) is 1. The predicted molar refractivity (Wildman–Crippen MR) is 60.9 cm³/mol. The number of fused-ring (bicyclic) bond motifs is 1. The van der Waals surface area contributed by atoms with E-state index in [1.54, 1.807) is 12.1 Å². The number of carbonyl (C=O) groups excluding carboxylic acids is 1. The Morgan fingerprint density at radius 1 is 1.13 bits per heavy atom.